The van der Waals surface area contributed by atoms with Crippen LogP contribution in [0.25, 0.3) is 0 Å². The number of carbonyl (C=O) groups excluding carboxylic acids is 2. The first-order valence-electron chi connectivity index (χ1n) is 8.58. The summed E-state index contributed by atoms with van der Waals surface area (Å²) in [7, 11) is 0. The fraction of sp³-hybridized carbons (Fsp3) is 0.333. The van der Waals surface area contributed by atoms with Gasteiger partial charge >= 0.3 is 0 Å². The van der Waals surface area contributed by atoms with Gasteiger partial charge in [0, 0.05) is 11.4 Å². The van der Waals surface area contributed by atoms with Gasteiger partial charge in [-0.1, -0.05) is 64.1 Å². The summed E-state index contributed by atoms with van der Waals surface area (Å²) in [5.74, 6) is -0.630. The van der Waals surface area contributed by atoms with Crippen molar-refractivity contribution in [3.8, 4) is 0 Å². The Bertz CT molecular complexity index is 760. The lowest BCUT2D eigenvalue weighted by atomic mass is 9.86. The number of para-hydroxylation sites is 2. The summed E-state index contributed by atoms with van der Waals surface area (Å²) in [6.07, 6.45) is 0.609. The molecule has 0 heterocycles. The van der Waals surface area contributed by atoms with E-state index in [4.69, 9.17) is 0 Å². The van der Waals surface area contributed by atoms with Crippen LogP contribution in [0.15, 0.2) is 48.5 Å². The number of benzene rings is 2. The number of rotatable bonds is 5. The molecule has 0 saturated carbocycles. The first-order chi connectivity index (χ1) is 11.8. The van der Waals surface area contributed by atoms with Gasteiger partial charge in [0.25, 0.3) is 0 Å². The molecule has 0 radical (unpaired) electrons. The highest BCUT2D eigenvalue weighted by Gasteiger charge is 2.19. The summed E-state index contributed by atoms with van der Waals surface area (Å²) in [5.41, 5.74) is 3.51. The normalized spacial score (nSPS) is 11.0. The van der Waals surface area contributed by atoms with Crippen LogP contribution in [0.2, 0.25) is 0 Å². The van der Waals surface area contributed by atoms with E-state index in [1.54, 1.807) is 0 Å². The van der Waals surface area contributed by atoms with Crippen molar-refractivity contribution in [2.45, 2.75) is 46.0 Å². The molecule has 2 N–H and O–H groups in total. The largest absolute Gasteiger partial charge is 0.325 e. The molecule has 0 spiro atoms. The zero-order valence-corrected chi connectivity index (χ0v) is 15.3. The molecular weight excluding hydrogens is 312 g/mol. The third kappa shape index (κ3) is 5.18. The van der Waals surface area contributed by atoms with Gasteiger partial charge in [0.15, 0.2) is 0 Å². The maximum Gasteiger partial charge on any atom is 0.233 e. The number of amides is 2. The van der Waals surface area contributed by atoms with Crippen molar-refractivity contribution in [1.82, 2.24) is 0 Å². The lowest BCUT2D eigenvalue weighted by Crippen LogP contribution is -2.23. The minimum atomic E-state index is -0.317. The number of carbonyl (C=O) groups is 2. The monoisotopic (exact) mass is 338 g/mol. The Hall–Kier alpha value is -2.62. The number of hydrogen-bond donors (Lipinski definition) is 2. The summed E-state index contributed by atoms with van der Waals surface area (Å²) in [6, 6.07) is 15.3. The standard InChI is InChI=1S/C21H26N2O2/c1-5-15-10-6-8-12-17(15)22-19(24)14-20(25)23-18-13-9-7-11-16(18)21(2,3)4/h6-13H,5,14H2,1-4H3,(H,22,24)(H,23,25). The molecule has 25 heavy (non-hydrogen) atoms. The predicted octanol–water partition coefficient (Wildman–Crippen LogP) is 4.51. The first kappa shape index (κ1) is 18.7. The quantitative estimate of drug-likeness (QED) is 0.788. The molecule has 2 aromatic carbocycles. The molecule has 2 rings (SSSR count). The predicted molar refractivity (Wildman–Crippen MR) is 103 cm³/mol. The van der Waals surface area contributed by atoms with E-state index in [-0.39, 0.29) is 23.7 Å². The van der Waals surface area contributed by atoms with E-state index in [9.17, 15) is 9.59 Å². The van der Waals surface area contributed by atoms with Crippen molar-refractivity contribution in [3.63, 3.8) is 0 Å². The Labute approximate surface area is 149 Å². The fourth-order valence-electron chi connectivity index (χ4n) is 2.73. The molecule has 0 fully saturated rings. The Kier molecular flexibility index (Phi) is 5.97. The molecule has 4 heteroatoms. The van der Waals surface area contributed by atoms with E-state index in [2.05, 4.69) is 31.4 Å². The molecule has 0 aliphatic heterocycles. The summed E-state index contributed by atoms with van der Waals surface area (Å²) in [4.78, 5) is 24.5. The van der Waals surface area contributed by atoms with E-state index in [1.165, 1.54) is 0 Å². The minimum Gasteiger partial charge on any atom is -0.325 e. The van der Waals surface area contributed by atoms with Crippen LogP contribution < -0.4 is 10.6 Å². The van der Waals surface area contributed by atoms with E-state index in [0.29, 0.717) is 0 Å². The molecular formula is C21H26N2O2. The smallest absolute Gasteiger partial charge is 0.233 e. The van der Waals surface area contributed by atoms with Gasteiger partial charge in [-0.05, 0) is 35.1 Å². The van der Waals surface area contributed by atoms with Crippen LogP contribution in [0.5, 0.6) is 0 Å². The maximum atomic E-state index is 12.3. The van der Waals surface area contributed by atoms with Crippen LogP contribution >= 0.6 is 0 Å². The van der Waals surface area contributed by atoms with Gasteiger partial charge in [-0.3, -0.25) is 9.59 Å². The molecule has 0 saturated heterocycles. The average Bonchev–Trinajstić information content (AvgIpc) is 2.54. The average molecular weight is 338 g/mol. The highest BCUT2D eigenvalue weighted by molar-refractivity contribution is 6.08. The lowest BCUT2D eigenvalue weighted by molar-refractivity contribution is -0.123. The van der Waals surface area contributed by atoms with Crippen molar-refractivity contribution in [3.05, 3.63) is 59.7 Å². The summed E-state index contributed by atoms with van der Waals surface area (Å²) in [5, 5.41) is 5.69. The van der Waals surface area contributed by atoms with Gasteiger partial charge in [-0.25, -0.2) is 0 Å². The zero-order chi connectivity index (χ0) is 18.4. The van der Waals surface area contributed by atoms with E-state index in [0.717, 1.165) is 28.9 Å². The van der Waals surface area contributed by atoms with E-state index in [1.807, 2.05) is 55.5 Å². The van der Waals surface area contributed by atoms with Gasteiger partial charge in [-0.2, -0.15) is 0 Å². The van der Waals surface area contributed by atoms with Crippen LogP contribution in [0.4, 0.5) is 11.4 Å². The molecule has 0 unspecified atom stereocenters. The summed E-state index contributed by atoms with van der Waals surface area (Å²) < 4.78 is 0. The van der Waals surface area contributed by atoms with Gasteiger partial charge < -0.3 is 10.6 Å². The van der Waals surface area contributed by atoms with E-state index < -0.39 is 0 Å². The highest BCUT2D eigenvalue weighted by atomic mass is 16.2. The van der Waals surface area contributed by atoms with Crippen molar-refractivity contribution in [2.75, 3.05) is 10.6 Å². The zero-order valence-electron chi connectivity index (χ0n) is 15.3. The van der Waals surface area contributed by atoms with Crippen LogP contribution in [0.3, 0.4) is 0 Å². The van der Waals surface area contributed by atoms with Crippen LogP contribution in [0.1, 0.15) is 45.2 Å². The number of hydrogen-bond acceptors (Lipinski definition) is 2. The van der Waals surface area contributed by atoms with E-state index >= 15 is 0 Å². The second-order valence-corrected chi connectivity index (χ2v) is 7.08. The Balaban J connectivity index is 2.02. The molecule has 0 aromatic heterocycles. The van der Waals surface area contributed by atoms with Crippen molar-refractivity contribution >= 4 is 23.2 Å². The van der Waals surface area contributed by atoms with Crippen LogP contribution in [-0.2, 0) is 21.4 Å². The SMILES string of the molecule is CCc1ccccc1NC(=O)CC(=O)Nc1ccccc1C(C)(C)C. The maximum absolute atomic E-state index is 12.3. The topological polar surface area (TPSA) is 58.2 Å². The van der Waals surface area contributed by atoms with Crippen molar-refractivity contribution in [2.24, 2.45) is 0 Å². The summed E-state index contributed by atoms with van der Waals surface area (Å²) in [6.45, 7) is 8.30. The van der Waals surface area contributed by atoms with Crippen molar-refractivity contribution < 1.29 is 9.59 Å². The minimum absolute atomic E-state index is 0.0911. The van der Waals surface area contributed by atoms with Crippen LogP contribution in [0, 0.1) is 0 Å². The second-order valence-electron chi connectivity index (χ2n) is 7.08. The summed E-state index contributed by atoms with van der Waals surface area (Å²) >= 11 is 0. The Morgan fingerprint density at radius 1 is 0.840 bits per heavy atom. The first-order valence-corrected chi connectivity index (χ1v) is 8.58. The van der Waals surface area contributed by atoms with Gasteiger partial charge in [0.1, 0.15) is 6.42 Å². The number of anilines is 2. The number of aryl methyl sites for hydroxylation is 1. The van der Waals surface area contributed by atoms with Gasteiger partial charge in [-0.15, -0.1) is 0 Å². The lowest BCUT2D eigenvalue weighted by Gasteiger charge is -2.23. The molecule has 0 aliphatic carbocycles. The fourth-order valence-corrected chi connectivity index (χ4v) is 2.73. The van der Waals surface area contributed by atoms with Crippen molar-refractivity contribution in [1.29, 1.82) is 0 Å². The molecule has 0 atom stereocenters. The van der Waals surface area contributed by atoms with Crippen LogP contribution in [-0.4, -0.2) is 11.8 Å². The third-order valence-corrected chi connectivity index (χ3v) is 4.00. The van der Waals surface area contributed by atoms with Gasteiger partial charge in [0.05, 0.1) is 0 Å². The molecule has 2 aromatic rings. The Morgan fingerprint density at radius 3 is 1.96 bits per heavy atom. The Morgan fingerprint density at radius 2 is 1.36 bits per heavy atom. The third-order valence-electron chi connectivity index (χ3n) is 4.00. The molecule has 0 aliphatic rings. The molecule has 2 amide bonds. The van der Waals surface area contributed by atoms with Gasteiger partial charge in [0.2, 0.25) is 11.8 Å². The molecule has 4 nitrogen and oxygen atoms in total. The highest BCUT2D eigenvalue weighted by Crippen LogP contribution is 2.29. The molecule has 132 valence electrons. The molecule has 0 bridgehead atoms. The number of nitrogens with one attached hydrogen (secondary N) is 2. The second kappa shape index (κ2) is 7.97.